The van der Waals surface area contributed by atoms with Crippen molar-refractivity contribution >= 4 is 12.0 Å². The van der Waals surface area contributed by atoms with Crippen molar-refractivity contribution in [3.8, 4) is 6.07 Å². The molecule has 1 aromatic rings. The van der Waals surface area contributed by atoms with Crippen molar-refractivity contribution in [2.45, 2.75) is 96.4 Å². The molecule has 3 heteroatoms. The third kappa shape index (κ3) is 7.89. The highest BCUT2D eigenvalue weighted by molar-refractivity contribution is 6.01. The van der Waals surface area contributed by atoms with Crippen LogP contribution < -0.4 is 5.32 Å². The minimum atomic E-state index is -0.229. The molecule has 0 saturated heterocycles. The van der Waals surface area contributed by atoms with Gasteiger partial charge >= 0.3 is 0 Å². The maximum Gasteiger partial charge on any atom is 0.262 e. The van der Waals surface area contributed by atoms with E-state index in [0.29, 0.717) is 5.92 Å². The maximum absolute atomic E-state index is 12.7. The van der Waals surface area contributed by atoms with E-state index >= 15 is 0 Å². The van der Waals surface area contributed by atoms with Crippen LogP contribution in [0.15, 0.2) is 29.8 Å². The first-order valence-corrected chi connectivity index (χ1v) is 11.1. The largest absolute Gasteiger partial charge is 0.349 e. The Morgan fingerprint density at radius 2 is 1.46 bits per heavy atom. The minimum absolute atomic E-state index is 0.187. The van der Waals surface area contributed by atoms with E-state index < -0.39 is 0 Å². The van der Waals surface area contributed by atoms with E-state index in [1.807, 2.05) is 12.1 Å². The Kier molecular flexibility index (Phi) is 9.83. The summed E-state index contributed by atoms with van der Waals surface area (Å²) in [6.45, 7) is 4.31. The summed E-state index contributed by atoms with van der Waals surface area (Å²) in [6, 6.07) is 10.4. The van der Waals surface area contributed by atoms with Gasteiger partial charge in [0.15, 0.2) is 0 Å². The van der Waals surface area contributed by atoms with Gasteiger partial charge in [-0.3, -0.25) is 4.79 Å². The number of rotatable bonds is 4. The first-order chi connectivity index (χ1) is 13.6. The van der Waals surface area contributed by atoms with E-state index in [4.69, 9.17) is 0 Å². The third-order valence-electron chi connectivity index (χ3n) is 5.72. The van der Waals surface area contributed by atoms with Crippen molar-refractivity contribution < 1.29 is 4.79 Å². The van der Waals surface area contributed by atoms with Crippen molar-refractivity contribution in [3.05, 3.63) is 41.0 Å². The first-order valence-electron chi connectivity index (χ1n) is 11.1. The molecule has 1 aliphatic carbocycles. The lowest BCUT2D eigenvalue weighted by Gasteiger charge is -2.19. The number of hydrogen-bond donors (Lipinski definition) is 1. The summed E-state index contributed by atoms with van der Waals surface area (Å²) in [5.74, 6) is 0.241. The van der Waals surface area contributed by atoms with Crippen LogP contribution in [-0.2, 0) is 4.79 Å². The van der Waals surface area contributed by atoms with Gasteiger partial charge in [-0.05, 0) is 36.0 Å². The lowest BCUT2D eigenvalue weighted by atomic mass is 9.97. The molecule has 1 saturated carbocycles. The first kappa shape index (κ1) is 22.2. The summed E-state index contributed by atoms with van der Waals surface area (Å²) < 4.78 is 0. The summed E-state index contributed by atoms with van der Waals surface area (Å²) in [5.41, 5.74) is 2.35. The molecule has 0 heterocycles. The Labute approximate surface area is 171 Å². The van der Waals surface area contributed by atoms with E-state index in [-0.39, 0.29) is 17.5 Å². The molecule has 1 aromatic carbocycles. The van der Waals surface area contributed by atoms with Crippen LogP contribution in [0.25, 0.3) is 6.08 Å². The average Bonchev–Trinajstić information content (AvgIpc) is 2.68. The zero-order chi connectivity index (χ0) is 20.2. The van der Waals surface area contributed by atoms with E-state index in [9.17, 15) is 10.1 Å². The molecule has 1 N–H and O–H groups in total. The van der Waals surface area contributed by atoms with Crippen molar-refractivity contribution in [1.82, 2.24) is 5.32 Å². The lowest BCUT2D eigenvalue weighted by Crippen LogP contribution is -2.35. The monoisotopic (exact) mass is 380 g/mol. The second-order valence-electron chi connectivity index (χ2n) is 8.42. The van der Waals surface area contributed by atoms with Crippen LogP contribution in [0, 0.1) is 11.3 Å². The van der Waals surface area contributed by atoms with Crippen LogP contribution in [0.4, 0.5) is 0 Å². The van der Waals surface area contributed by atoms with Crippen LogP contribution in [0.1, 0.15) is 102 Å². The molecule has 0 bridgehead atoms. The molecule has 0 spiro atoms. The van der Waals surface area contributed by atoms with Crippen molar-refractivity contribution in [1.29, 1.82) is 5.26 Å². The number of benzene rings is 1. The molecular formula is C25H36N2O. The molecule has 0 aliphatic heterocycles. The molecule has 0 radical (unpaired) electrons. The molecule has 1 amide bonds. The predicted molar refractivity (Wildman–Crippen MR) is 117 cm³/mol. The van der Waals surface area contributed by atoms with Crippen molar-refractivity contribution in [2.75, 3.05) is 0 Å². The quantitative estimate of drug-likeness (QED) is 0.478. The van der Waals surface area contributed by atoms with Gasteiger partial charge < -0.3 is 5.32 Å². The summed E-state index contributed by atoms with van der Waals surface area (Å²) in [5, 5.41) is 12.6. The average molecular weight is 381 g/mol. The van der Waals surface area contributed by atoms with Gasteiger partial charge in [-0.15, -0.1) is 0 Å². The number of nitrogens with one attached hydrogen (secondary N) is 1. The zero-order valence-corrected chi connectivity index (χ0v) is 17.7. The lowest BCUT2D eigenvalue weighted by molar-refractivity contribution is -0.117. The molecule has 2 rings (SSSR count). The number of carbonyl (C=O) groups excluding carboxylic acids is 1. The van der Waals surface area contributed by atoms with Crippen LogP contribution in [0.5, 0.6) is 0 Å². The fraction of sp³-hybridized carbons (Fsp3) is 0.600. The van der Waals surface area contributed by atoms with Gasteiger partial charge in [-0.25, -0.2) is 0 Å². The van der Waals surface area contributed by atoms with Gasteiger partial charge in [0, 0.05) is 6.04 Å². The van der Waals surface area contributed by atoms with Gasteiger partial charge in [0.1, 0.15) is 11.6 Å². The van der Waals surface area contributed by atoms with Crippen LogP contribution in [0.2, 0.25) is 0 Å². The van der Waals surface area contributed by atoms with E-state index in [1.165, 1.54) is 50.5 Å². The van der Waals surface area contributed by atoms with E-state index in [2.05, 4.69) is 37.4 Å². The SMILES string of the molecule is CC(C)c1ccc(/C=C(\C#N)C(=O)NC2CCCCCCCCCCC2)cc1. The fourth-order valence-corrected chi connectivity index (χ4v) is 3.86. The standard InChI is InChI=1S/C25H36N2O/c1-20(2)22-16-14-21(15-17-22)18-23(19-26)25(28)27-24-12-10-8-6-4-3-5-7-9-11-13-24/h14-18,20,24H,3-13H2,1-2H3,(H,27,28)/b23-18+. The fourth-order valence-electron chi connectivity index (χ4n) is 3.86. The number of nitriles is 1. The highest BCUT2D eigenvalue weighted by Gasteiger charge is 2.16. The minimum Gasteiger partial charge on any atom is -0.349 e. The summed E-state index contributed by atoms with van der Waals surface area (Å²) in [4.78, 5) is 12.7. The smallest absolute Gasteiger partial charge is 0.262 e. The predicted octanol–water partition coefficient (Wildman–Crippen LogP) is 6.51. The maximum atomic E-state index is 12.7. The number of hydrogen-bond acceptors (Lipinski definition) is 2. The molecular weight excluding hydrogens is 344 g/mol. The van der Waals surface area contributed by atoms with Crippen molar-refractivity contribution in [2.24, 2.45) is 0 Å². The van der Waals surface area contributed by atoms with Gasteiger partial charge in [0.2, 0.25) is 0 Å². The Bertz CT molecular complexity index is 655. The third-order valence-corrected chi connectivity index (χ3v) is 5.72. The van der Waals surface area contributed by atoms with Crippen LogP contribution in [0.3, 0.4) is 0 Å². The van der Waals surface area contributed by atoms with Gasteiger partial charge in [-0.1, -0.05) is 95.9 Å². The highest BCUT2D eigenvalue weighted by Crippen LogP contribution is 2.18. The summed E-state index contributed by atoms with van der Waals surface area (Å²) in [7, 11) is 0. The number of nitrogens with zero attached hydrogens (tertiary/aromatic N) is 1. The Hall–Kier alpha value is -2.08. The van der Waals surface area contributed by atoms with Gasteiger partial charge in [0.25, 0.3) is 5.91 Å². The Morgan fingerprint density at radius 1 is 0.964 bits per heavy atom. The summed E-state index contributed by atoms with van der Waals surface area (Å²) >= 11 is 0. The van der Waals surface area contributed by atoms with Gasteiger partial charge in [0.05, 0.1) is 0 Å². The van der Waals surface area contributed by atoms with E-state index in [0.717, 1.165) is 31.2 Å². The number of carbonyl (C=O) groups is 1. The Morgan fingerprint density at radius 3 is 1.93 bits per heavy atom. The second kappa shape index (κ2) is 12.4. The molecule has 1 aliphatic rings. The molecule has 28 heavy (non-hydrogen) atoms. The van der Waals surface area contributed by atoms with E-state index in [1.54, 1.807) is 6.08 Å². The van der Waals surface area contributed by atoms with Crippen LogP contribution >= 0.6 is 0 Å². The highest BCUT2D eigenvalue weighted by atomic mass is 16.1. The Balaban J connectivity index is 1.98. The molecule has 0 unspecified atom stereocenters. The molecule has 1 fully saturated rings. The second-order valence-corrected chi connectivity index (χ2v) is 8.42. The topological polar surface area (TPSA) is 52.9 Å². The molecule has 3 nitrogen and oxygen atoms in total. The van der Waals surface area contributed by atoms with Crippen molar-refractivity contribution in [3.63, 3.8) is 0 Å². The van der Waals surface area contributed by atoms with Gasteiger partial charge in [-0.2, -0.15) is 5.26 Å². The molecule has 152 valence electrons. The zero-order valence-electron chi connectivity index (χ0n) is 17.7. The number of amides is 1. The molecule has 0 aromatic heterocycles. The molecule has 0 atom stereocenters. The summed E-state index contributed by atoms with van der Waals surface area (Å²) in [6.07, 6.45) is 15.2. The van der Waals surface area contributed by atoms with Crippen LogP contribution in [-0.4, -0.2) is 11.9 Å². The normalized spacial score (nSPS) is 18.0.